The summed E-state index contributed by atoms with van der Waals surface area (Å²) in [5.74, 6) is 1.26. The van der Waals surface area contributed by atoms with E-state index in [2.05, 4.69) is 0 Å². The third kappa shape index (κ3) is 2.07. The molecule has 0 spiro atoms. The Morgan fingerprint density at radius 1 is 1.40 bits per heavy atom. The zero-order chi connectivity index (χ0) is 10.7. The maximum absolute atomic E-state index is 11.9. The third-order valence-corrected chi connectivity index (χ3v) is 2.61. The predicted molar refractivity (Wildman–Crippen MR) is 58.3 cm³/mol. The van der Waals surface area contributed by atoms with Gasteiger partial charge in [0.2, 0.25) is 0 Å². The minimum absolute atomic E-state index is 0.0296. The minimum Gasteiger partial charge on any atom is -0.472 e. The molecule has 2 rings (SSSR count). The van der Waals surface area contributed by atoms with E-state index < -0.39 is 0 Å². The van der Waals surface area contributed by atoms with E-state index in [0.717, 1.165) is 6.42 Å². The molecule has 80 valence electrons. The van der Waals surface area contributed by atoms with E-state index in [1.165, 1.54) is 0 Å². The van der Waals surface area contributed by atoms with Crippen LogP contribution in [0.1, 0.15) is 16.8 Å². The van der Waals surface area contributed by atoms with E-state index in [9.17, 15) is 4.79 Å². The molecule has 0 radical (unpaired) electrons. The fourth-order valence-corrected chi connectivity index (χ4v) is 1.68. The Morgan fingerprint density at radius 2 is 2.20 bits per heavy atom. The standard InChI is InChI=1S/C11H12ClNO2/c12-6-3-7-13-8-15-10-5-2-1-4-9(10)11(13)14/h1-2,4-5H,3,6-8H2. The summed E-state index contributed by atoms with van der Waals surface area (Å²) in [6, 6.07) is 7.29. The van der Waals surface area contributed by atoms with Crippen molar-refractivity contribution in [3.05, 3.63) is 29.8 Å². The van der Waals surface area contributed by atoms with Gasteiger partial charge in [-0.15, -0.1) is 11.6 Å². The largest absolute Gasteiger partial charge is 0.472 e. The van der Waals surface area contributed by atoms with Crippen LogP contribution in [0.4, 0.5) is 0 Å². The molecule has 1 heterocycles. The molecule has 0 unspecified atom stereocenters. The first-order valence-electron chi connectivity index (χ1n) is 4.90. The number of carbonyl (C=O) groups excluding carboxylic acids is 1. The van der Waals surface area contributed by atoms with Crippen molar-refractivity contribution in [1.82, 2.24) is 4.90 Å². The van der Waals surface area contributed by atoms with Crippen LogP contribution in [-0.2, 0) is 0 Å². The molecule has 1 aromatic carbocycles. The van der Waals surface area contributed by atoms with Crippen molar-refractivity contribution >= 4 is 17.5 Å². The number of hydrogen-bond acceptors (Lipinski definition) is 2. The maximum atomic E-state index is 11.9. The van der Waals surface area contributed by atoms with Gasteiger partial charge in [0.15, 0.2) is 6.73 Å². The van der Waals surface area contributed by atoms with Crippen molar-refractivity contribution in [2.75, 3.05) is 19.2 Å². The second kappa shape index (κ2) is 4.53. The van der Waals surface area contributed by atoms with Crippen LogP contribution in [0.2, 0.25) is 0 Å². The van der Waals surface area contributed by atoms with Crippen molar-refractivity contribution in [3.8, 4) is 5.75 Å². The molecule has 1 aliphatic rings. The second-order valence-corrected chi connectivity index (χ2v) is 3.76. The molecule has 1 aromatic rings. The number of ether oxygens (including phenoxy) is 1. The number of carbonyl (C=O) groups is 1. The van der Waals surface area contributed by atoms with Crippen LogP contribution in [0.25, 0.3) is 0 Å². The molecule has 0 aromatic heterocycles. The first-order chi connectivity index (χ1) is 7.33. The van der Waals surface area contributed by atoms with Crippen LogP contribution >= 0.6 is 11.6 Å². The summed E-state index contributed by atoms with van der Waals surface area (Å²) in [4.78, 5) is 13.6. The van der Waals surface area contributed by atoms with Crippen molar-refractivity contribution in [3.63, 3.8) is 0 Å². The number of halogens is 1. The molecule has 1 aliphatic heterocycles. The quantitative estimate of drug-likeness (QED) is 0.738. The Morgan fingerprint density at radius 3 is 3.00 bits per heavy atom. The SMILES string of the molecule is O=C1c2ccccc2OCN1CCCCl. The number of hydrogen-bond donors (Lipinski definition) is 0. The predicted octanol–water partition coefficient (Wildman–Crippen LogP) is 2.11. The molecule has 0 N–H and O–H groups in total. The normalized spacial score (nSPS) is 14.7. The molecule has 3 nitrogen and oxygen atoms in total. The molecule has 0 aliphatic carbocycles. The molecule has 0 saturated carbocycles. The maximum Gasteiger partial charge on any atom is 0.260 e. The van der Waals surface area contributed by atoms with Crippen LogP contribution in [0.5, 0.6) is 5.75 Å². The fraction of sp³-hybridized carbons (Fsp3) is 0.364. The Kier molecular flexibility index (Phi) is 3.11. The Hall–Kier alpha value is -1.22. The van der Waals surface area contributed by atoms with E-state index >= 15 is 0 Å². The van der Waals surface area contributed by atoms with Gasteiger partial charge in [0, 0.05) is 12.4 Å². The summed E-state index contributed by atoms with van der Waals surface area (Å²) >= 11 is 5.59. The number of nitrogens with zero attached hydrogens (tertiary/aromatic N) is 1. The van der Waals surface area contributed by atoms with Crippen LogP contribution in [0.15, 0.2) is 24.3 Å². The van der Waals surface area contributed by atoms with Gasteiger partial charge in [0.25, 0.3) is 5.91 Å². The lowest BCUT2D eigenvalue weighted by Gasteiger charge is -2.28. The highest BCUT2D eigenvalue weighted by molar-refractivity contribution is 6.17. The Balaban J connectivity index is 2.15. The molecule has 15 heavy (non-hydrogen) atoms. The van der Waals surface area contributed by atoms with E-state index in [1.54, 1.807) is 11.0 Å². The average molecular weight is 226 g/mol. The summed E-state index contributed by atoms with van der Waals surface area (Å²) in [7, 11) is 0. The average Bonchev–Trinajstić information content (AvgIpc) is 2.29. The fourth-order valence-electron chi connectivity index (χ4n) is 1.56. The van der Waals surface area contributed by atoms with Gasteiger partial charge < -0.3 is 9.64 Å². The molecule has 0 bridgehead atoms. The van der Waals surface area contributed by atoms with Crippen molar-refractivity contribution in [2.24, 2.45) is 0 Å². The number of rotatable bonds is 3. The zero-order valence-corrected chi connectivity index (χ0v) is 9.04. The lowest BCUT2D eigenvalue weighted by atomic mass is 10.1. The van der Waals surface area contributed by atoms with Gasteiger partial charge in [-0.3, -0.25) is 4.79 Å². The van der Waals surface area contributed by atoms with Gasteiger partial charge >= 0.3 is 0 Å². The second-order valence-electron chi connectivity index (χ2n) is 3.38. The summed E-state index contributed by atoms with van der Waals surface area (Å²) in [5.41, 5.74) is 0.637. The molecule has 1 amide bonds. The third-order valence-electron chi connectivity index (χ3n) is 2.34. The van der Waals surface area contributed by atoms with Crippen molar-refractivity contribution < 1.29 is 9.53 Å². The van der Waals surface area contributed by atoms with E-state index in [0.29, 0.717) is 30.5 Å². The number of para-hydroxylation sites is 1. The van der Waals surface area contributed by atoms with Crippen LogP contribution < -0.4 is 4.74 Å². The first-order valence-corrected chi connectivity index (χ1v) is 5.43. The first kappa shape index (κ1) is 10.3. The van der Waals surface area contributed by atoms with Crippen LogP contribution in [0.3, 0.4) is 0 Å². The summed E-state index contributed by atoms with van der Waals surface area (Å²) in [6.45, 7) is 0.976. The summed E-state index contributed by atoms with van der Waals surface area (Å²) in [5, 5.41) is 0. The smallest absolute Gasteiger partial charge is 0.260 e. The van der Waals surface area contributed by atoms with Crippen molar-refractivity contribution in [1.29, 1.82) is 0 Å². The number of alkyl halides is 1. The lowest BCUT2D eigenvalue weighted by molar-refractivity contribution is 0.0523. The van der Waals surface area contributed by atoms with Gasteiger partial charge in [0.05, 0.1) is 5.56 Å². The number of fused-ring (bicyclic) bond motifs is 1. The number of amides is 1. The van der Waals surface area contributed by atoms with Crippen molar-refractivity contribution in [2.45, 2.75) is 6.42 Å². The molecular formula is C11H12ClNO2. The van der Waals surface area contributed by atoms with E-state index in [-0.39, 0.29) is 5.91 Å². The van der Waals surface area contributed by atoms with E-state index in [1.807, 2.05) is 18.2 Å². The van der Waals surface area contributed by atoms with Gasteiger partial charge in [0.1, 0.15) is 5.75 Å². The van der Waals surface area contributed by atoms with Gasteiger partial charge in [-0.2, -0.15) is 0 Å². The number of benzene rings is 1. The molecular weight excluding hydrogens is 214 g/mol. The molecule has 0 atom stereocenters. The van der Waals surface area contributed by atoms with Crippen LogP contribution in [0, 0.1) is 0 Å². The zero-order valence-electron chi connectivity index (χ0n) is 8.28. The Bertz CT molecular complexity index is 367. The van der Waals surface area contributed by atoms with Crippen LogP contribution in [-0.4, -0.2) is 30.0 Å². The van der Waals surface area contributed by atoms with Gasteiger partial charge in [-0.25, -0.2) is 0 Å². The lowest BCUT2D eigenvalue weighted by Crippen LogP contribution is -2.39. The van der Waals surface area contributed by atoms with Gasteiger partial charge in [-0.05, 0) is 18.6 Å². The molecule has 4 heteroatoms. The van der Waals surface area contributed by atoms with Gasteiger partial charge in [-0.1, -0.05) is 12.1 Å². The monoisotopic (exact) mass is 225 g/mol. The molecule has 0 fully saturated rings. The highest BCUT2D eigenvalue weighted by atomic mass is 35.5. The highest BCUT2D eigenvalue weighted by Gasteiger charge is 2.24. The highest BCUT2D eigenvalue weighted by Crippen LogP contribution is 2.24. The van der Waals surface area contributed by atoms with E-state index in [4.69, 9.17) is 16.3 Å². The molecule has 0 saturated heterocycles. The minimum atomic E-state index is 0.0296. The summed E-state index contributed by atoms with van der Waals surface area (Å²) < 4.78 is 5.47. The topological polar surface area (TPSA) is 29.5 Å². The summed E-state index contributed by atoms with van der Waals surface area (Å²) in [6.07, 6.45) is 0.790. The Labute approximate surface area is 93.6 Å².